The molecular weight excluding hydrogens is 268 g/mol. The molecule has 2 heterocycles. The van der Waals surface area contributed by atoms with Crippen molar-refractivity contribution >= 4 is 17.2 Å². The summed E-state index contributed by atoms with van der Waals surface area (Å²) in [5, 5.41) is 3.24. The summed E-state index contributed by atoms with van der Waals surface area (Å²) in [6.07, 6.45) is 3.90. The van der Waals surface area contributed by atoms with Crippen LogP contribution in [0.2, 0.25) is 0 Å². The van der Waals surface area contributed by atoms with Crippen LogP contribution in [0.25, 0.3) is 0 Å². The highest BCUT2D eigenvalue weighted by atomic mass is 32.1. The molecule has 3 nitrogen and oxygen atoms in total. The minimum Gasteiger partial charge on any atom is -0.339 e. The van der Waals surface area contributed by atoms with Gasteiger partial charge < -0.3 is 4.90 Å². The van der Waals surface area contributed by atoms with Gasteiger partial charge in [-0.25, -0.2) is 4.98 Å². The largest absolute Gasteiger partial charge is 0.339 e. The number of hydrogen-bond acceptors (Lipinski definition) is 3. The molecule has 0 radical (unpaired) electrons. The van der Waals surface area contributed by atoms with Crippen LogP contribution in [-0.4, -0.2) is 28.9 Å². The molecule has 1 aromatic carbocycles. The lowest BCUT2D eigenvalue weighted by Gasteiger charge is -2.31. The first kappa shape index (κ1) is 13.3. The minimum atomic E-state index is 0.155. The second kappa shape index (κ2) is 5.75. The standard InChI is InChI=1S/C16H18N2OS/c1-12-2-4-14(5-3-12)16(19)18-9-6-13(7-10-18)15-17-8-11-20-15/h2-5,8,11,13H,6-7,9-10H2,1H3. The Morgan fingerprint density at radius 3 is 2.55 bits per heavy atom. The fraction of sp³-hybridized carbons (Fsp3) is 0.375. The van der Waals surface area contributed by atoms with Crippen molar-refractivity contribution < 1.29 is 4.79 Å². The summed E-state index contributed by atoms with van der Waals surface area (Å²) in [7, 11) is 0. The van der Waals surface area contributed by atoms with Crippen molar-refractivity contribution in [3.05, 3.63) is 52.0 Å². The molecule has 0 aliphatic carbocycles. The van der Waals surface area contributed by atoms with E-state index >= 15 is 0 Å². The van der Waals surface area contributed by atoms with E-state index in [0.717, 1.165) is 31.5 Å². The fourth-order valence-electron chi connectivity index (χ4n) is 2.64. The molecule has 1 aromatic heterocycles. The van der Waals surface area contributed by atoms with E-state index in [1.807, 2.05) is 47.7 Å². The molecule has 1 fully saturated rings. The Balaban J connectivity index is 1.63. The zero-order valence-corrected chi connectivity index (χ0v) is 12.4. The number of carbonyl (C=O) groups excluding carboxylic acids is 1. The smallest absolute Gasteiger partial charge is 0.253 e. The summed E-state index contributed by atoms with van der Waals surface area (Å²) in [6.45, 7) is 3.70. The van der Waals surface area contributed by atoms with Crippen LogP contribution in [0, 0.1) is 6.92 Å². The number of carbonyl (C=O) groups is 1. The van der Waals surface area contributed by atoms with Gasteiger partial charge in [0.05, 0.1) is 5.01 Å². The number of nitrogens with zero attached hydrogens (tertiary/aromatic N) is 2. The predicted molar refractivity (Wildman–Crippen MR) is 81.2 cm³/mol. The molecular formula is C16H18N2OS. The van der Waals surface area contributed by atoms with Gasteiger partial charge in [-0.3, -0.25) is 4.79 Å². The number of aryl methyl sites for hydroxylation is 1. The van der Waals surface area contributed by atoms with Gasteiger partial charge in [-0.2, -0.15) is 0 Å². The average molecular weight is 286 g/mol. The molecule has 1 aliphatic rings. The van der Waals surface area contributed by atoms with Gasteiger partial charge in [-0.15, -0.1) is 11.3 Å². The highest BCUT2D eigenvalue weighted by Crippen LogP contribution is 2.29. The van der Waals surface area contributed by atoms with Gasteiger partial charge >= 0.3 is 0 Å². The molecule has 0 saturated carbocycles. The average Bonchev–Trinajstić information content (AvgIpc) is 3.02. The fourth-order valence-corrected chi connectivity index (χ4v) is 3.46. The summed E-state index contributed by atoms with van der Waals surface area (Å²) >= 11 is 1.72. The summed E-state index contributed by atoms with van der Waals surface area (Å²) in [6, 6.07) is 7.83. The predicted octanol–water partition coefficient (Wildman–Crippen LogP) is 3.47. The van der Waals surface area contributed by atoms with Crippen LogP contribution in [0.15, 0.2) is 35.8 Å². The van der Waals surface area contributed by atoms with E-state index in [1.54, 1.807) is 11.3 Å². The van der Waals surface area contributed by atoms with Crippen LogP contribution < -0.4 is 0 Å². The molecule has 1 amide bonds. The zero-order chi connectivity index (χ0) is 13.9. The highest BCUT2D eigenvalue weighted by Gasteiger charge is 2.25. The van der Waals surface area contributed by atoms with E-state index < -0.39 is 0 Å². The summed E-state index contributed by atoms with van der Waals surface area (Å²) < 4.78 is 0. The van der Waals surface area contributed by atoms with E-state index in [9.17, 15) is 4.79 Å². The van der Waals surface area contributed by atoms with Crippen molar-refractivity contribution in [1.82, 2.24) is 9.88 Å². The summed E-state index contributed by atoms with van der Waals surface area (Å²) in [5.74, 6) is 0.680. The van der Waals surface area contributed by atoms with Crippen molar-refractivity contribution in [2.45, 2.75) is 25.7 Å². The van der Waals surface area contributed by atoms with Crippen LogP contribution in [0.4, 0.5) is 0 Å². The van der Waals surface area contributed by atoms with Crippen LogP contribution >= 0.6 is 11.3 Å². The number of piperidine rings is 1. The first-order valence-electron chi connectivity index (χ1n) is 6.99. The summed E-state index contributed by atoms with van der Waals surface area (Å²) in [5.41, 5.74) is 1.98. The maximum absolute atomic E-state index is 12.4. The van der Waals surface area contributed by atoms with Crippen LogP contribution in [0.1, 0.15) is 39.7 Å². The van der Waals surface area contributed by atoms with E-state index in [1.165, 1.54) is 10.6 Å². The molecule has 0 N–H and O–H groups in total. The van der Waals surface area contributed by atoms with Gasteiger partial charge in [-0.1, -0.05) is 17.7 Å². The Labute approximate surface area is 123 Å². The molecule has 0 unspecified atom stereocenters. The van der Waals surface area contributed by atoms with Gasteiger partial charge in [0, 0.05) is 36.1 Å². The molecule has 2 aromatic rings. The van der Waals surface area contributed by atoms with E-state index in [0.29, 0.717) is 5.92 Å². The molecule has 0 atom stereocenters. The number of aromatic nitrogens is 1. The van der Waals surface area contributed by atoms with Gasteiger partial charge in [0.25, 0.3) is 5.91 Å². The molecule has 4 heteroatoms. The maximum atomic E-state index is 12.4. The third kappa shape index (κ3) is 2.75. The van der Waals surface area contributed by atoms with E-state index in [4.69, 9.17) is 0 Å². The number of likely N-dealkylation sites (tertiary alicyclic amines) is 1. The number of amides is 1. The van der Waals surface area contributed by atoms with Crippen LogP contribution in [0.5, 0.6) is 0 Å². The molecule has 1 aliphatic heterocycles. The molecule has 20 heavy (non-hydrogen) atoms. The lowest BCUT2D eigenvalue weighted by Crippen LogP contribution is -2.37. The van der Waals surface area contributed by atoms with Gasteiger partial charge in [0.2, 0.25) is 0 Å². The topological polar surface area (TPSA) is 33.2 Å². The zero-order valence-electron chi connectivity index (χ0n) is 11.6. The van der Waals surface area contributed by atoms with Gasteiger partial charge in [0.1, 0.15) is 0 Å². The number of thiazole rings is 1. The van der Waals surface area contributed by atoms with Crippen LogP contribution in [0.3, 0.4) is 0 Å². The Kier molecular flexibility index (Phi) is 3.83. The Hall–Kier alpha value is -1.68. The lowest BCUT2D eigenvalue weighted by molar-refractivity contribution is 0.0713. The van der Waals surface area contributed by atoms with E-state index in [2.05, 4.69) is 4.98 Å². The molecule has 104 valence electrons. The quantitative estimate of drug-likeness (QED) is 0.847. The monoisotopic (exact) mass is 286 g/mol. The maximum Gasteiger partial charge on any atom is 0.253 e. The third-order valence-electron chi connectivity index (χ3n) is 3.88. The second-order valence-electron chi connectivity index (χ2n) is 5.30. The van der Waals surface area contributed by atoms with Crippen molar-refractivity contribution in [3.63, 3.8) is 0 Å². The first-order valence-corrected chi connectivity index (χ1v) is 7.87. The number of hydrogen-bond donors (Lipinski definition) is 0. The molecule has 0 spiro atoms. The van der Waals surface area contributed by atoms with Crippen LogP contribution in [-0.2, 0) is 0 Å². The SMILES string of the molecule is Cc1ccc(C(=O)N2CCC(c3nccs3)CC2)cc1. The normalized spacial score (nSPS) is 16.4. The first-order chi connectivity index (χ1) is 9.74. The van der Waals surface area contributed by atoms with Crippen molar-refractivity contribution in [2.75, 3.05) is 13.1 Å². The molecule has 0 bridgehead atoms. The number of rotatable bonds is 2. The summed E-state index contributed by atoms with van der Waals surface area (Å²) in [4.78, 5) is 18.8. The second-order valence-corrected chi connectivity index (χ2v) is 6.23. The third-order valence-corrected chi connectivity index (χ3v) is 4.82. The Bertz CT molecular complexity index is 569. The lowest BCUT2D eigenvalue weighted by atomic mass is 9.97. The van der Waals surface area contributed by atoms with Crippen molar-refractivity contribution in [2.24, 2.45) is 0 Å². The minimum absolute atomic E-state index is 0.155. The molecule has 1 saturated heterocycles. The van der Waals surface area contributed by atoms with Gasteiger partial charge in [-0.05, 0) is 31.9 Å². The van der Waals surface area contributed by atoms with E-state index in [-0.39, 0.29) is 5.91 Å². The van der Waals surface area contributed by atoms with Gasteiger partial charge in [0.15, 0.2) is 0 Å². The number of benzene rings is 1. The Morgan fingerprint density at radius 1 is 1.25 bits per heavy atom. The highest BCUT2D eigenvalue weighted by molar-refractivity contribution is 7.09. The Morgan fingerprint density at radius 2 is 1.95 bits per heavy atom. The molecule has 3 rings (SSSR count). The van der Waals surface area contributed by atoms with Crippen molar-refractivity contribution in [3.8, 4) is 0 Å². The van der Waals surface area contributed by atoms with Crippen molar-refractivity contribution in [1.29, 1.82) is 0 Å².